The maximum Gasteiger partial charge on any atom is 0.374 e. The van der Waals surface area contributed by atoms with Crippen LogP contribution in [-0.2, 0) is 14.3 Å². The van der Waals surface area contributed by atoms with Crippen LogP contribution in [0.25, 0.3) is 0 Å². The summed E-state index contributed by atoms with van der Waals surface area (Å²) in [5.74, 6) is -0.251. The maximum absolute atomic E-state index is 11.5. The van der Waals surface area contributed by atoms with Crippen LogP contribution < -0.4 is 0 Å². The Balaban J connectivity index is 2.66. The van der Waals surface area contributed by atoms with Gasteiger partial charge in [-0.2, -0.15) is 0 Å². The van der Waals surface area contributed by atoms with Crippen molar-refractivity contribution < 1.29 is 14.3 Å². The van der Waals surface area contributed by atoms with Crippen LogP contribution >= 0.6 is 0 Å². The highest BCUT2D eigenvalue weighted by molar-refractivity contribution is 5.87. The average molecular weight is 194 g/mol. The molecule has 0 saturated carbocycles. The minimum atomic E-state index is -0.499. The summed E-state index contributed by atoms with van der Waals surface area (Å²) in [5, 5.41) is 0. The molecule has 0 bridgehead atoms. The lowest BCUT2D eigenvalue weighted by molar-refractivity contribution is -0.153. The van der Waals surface area contributed by atoms with E-state index >= 15 is 0 Å². The average Bonchev–Trinajstić information content (AvgIpc) is 2.27. The van der Waals surface area contributed by atoms with E-state index in [1.165, 1.54) is 6.26 Å². The van der Waals surface area contributed by atoms with E-state index in [1.54, 1.807) is 24.3 Å². The SMILES string of the molecule is CC(C)(C)OC(=O)C1=CC=CC=CO1. The van der Waals surface area contributed by atoms with Gasteiger partial charge in [-0.3, -0.25) is 0 Å². The molecule has 0 aromatic heterocycles. The number of ether oxygens (including phenoxy) is 2. The molecule has 0 N–H and O–H groups in total. The normalized spacial score (nSPS) is 15.5. The first-order valence-electron chi connectivity index (χ1n) is 4.42. The molecule has 76 valence electrons. The number of hydrogen-bond acceptors (Lipinski definition) is 3. The highest BCUT2D eigenvalue weighted by Gasteiger charge is 2.20. The van der Waals surface area contributed by atoms with Crippen molar-refractivity contribution in [3.05, 3.63) is 36.3 Å². The molecule has 0 unspecified atom stereocenters. The molecule has 0 aromatic rings. The van der Waals surface area contributed by atoms with Crippen molar-refractivity contribution in [1.82, 2.24) is 0 Å². The predicted molar refractivity (Wildman–Crippen MR) is 53.3 cm³/mol. The molecule has 14 heavy (non-hydrogen) atoms. The number of carbonyl (C=O) groups is 1. The third-order valence-electron chi connectivity index (χ3n) is 1.34. The van der Waals surface area contributed by atoms with Gasteiger partial charge >= 0.3 is 5.97 Å². The molecule has 0 amide bonds. The van der Waals surface area contributed by atoms with Crippen LogP contribution in [0.3, 0.4) is 0 Å². The fourth-order valence-electron chi connectivity index (χ4n) is 0.849. The summed E-state index contributed by atoms with van der Waals surface area (Å²) in [4.78, 5) is 11.5. The van der Waals surface area contributed by atoms with E-state index in [4.69, 9.17) is 9.47 Å². The second kappa shape index (κ2) is 4.13. The van der Waals surface area contributed by atoms with Gasteiger partial charge in [-0.1, -0.05) is 12.2 Å². The van der Waals surface area contributed by atoms with Gasteiger partial charge in [0.2, 0.25) is 5.76 Å². The minimum Gasteiger partial charge on any atom is -0.457 e. The van der Waals surface area contributed by atoms with Crippen LogP contribution in [0.4, 0.5) is 0 Å². The molecule has 1 aliphatic rings. The Morgan fingerprint density at radius 2 is 2.00 bits per heavy atom. The molecular weight excluding hydrogens is 180 g/mol. The quantitative estimate of drug-likeness (QED) is 0.601. The Hall–Kier alpha value is -1.51. The van der Waals surface area contributed by atoms with Gasteiger partial charge in [-0.05, 0) is 32.9 Å². The Kier molecular flexibility index (Phi) is 3.12. The number of carbonyl (C=O) groups excluding carboxylic acids is 1. The van der Waals surface area contributed by atoms with Crippen molar-refractivity contribution in [3.8, 4) is 0 Å². The predicted octanol–water partition coefficient (Wildman–Crippen LogP) is 2.31. The fourth-order valence-corrected chi connectivity index (χ4v) is 0.849. The summed E-state index contributed by atoms with van der Waals surface area (Å²) in [5.41, 5.74) is -0.499. The van der Waals surface area contributed by atoms with Gasteiger partial charge in [-0.25, -0.2) is 4.79 Å². The molecule has 1 rings (SSSR count). The summed E-state index contributed by atoms with van der Waals surface area (Å²) >= 11 is 0. The lowest BCUT2D eigenvalue weighted by atomic mass is 10.2. The molecule has 0 aromatic carbocycles. The van der Waals surface area contributed by atoms with Gasteiger partial charge in [0.05, 0.1) is 6.26 Å². The number of rotatable bonds is 1. The van der Waals surface area contributed by atoms with E-state index < -0.39 is 11.6 Å². The van der Waals surface area contributed by atoms with Crippen LogP contribution in [0.15, 0.2) is 36.3 Å². The van der Waals surface area contributed by atoms with Crippen molar-refractivity contribution in [2.24, 2.45) is 0 Å². The lowest BCUT2D eigenvalue weighted by Crippen LogP contribution is -2.25. The summed E-state index contributed by atoms with van der Waals surface area (Å²) in [6, 6.07) is 0. The van der Waals surface area contributed by atoms with Crippen molar-refractivity contribution in [1.29, 1.82) is 0 Å². The number of hydrogen-bond donors (Lipinski definition) is 0. The highest BCUT2D eigenvalue weighted by Crippen LogP contribution is 2.13. The van der Waals surface area contributed by atoms with Crippen LogP contribution in [0.1, 0.15) is 20.8 Å². The summed E-state index contributed by atoms with van der Waals surface area (Å²) < 4.78 is 10.2. The van der Waals surface area contributed by atoms with E-state index in [9.17, 15) is 4.79 Å². The third kappa shape index (κ3) is 3.47. The minimum absolute atomic E-state index is 0.199. The van der Waals surface area contributed by atoms with Gasteiger partial charge in [0, 0.05) is 0 Å². The zero-order valence-corrected chi connectivity index (χ0v) is 8.61. The third-order valence-corrected chi connectivity index (χ3v) is 1.34. The Morgan fingerprint density at radius 1 is 1.29 bits per heavy atom. The van der Waals surface area contributed by atoms with Crippen molar-refractivity contribution in [3.63, 3.8) is 0 Å². The second-order valence-electron chi connectivity index (χ2n) is 3.86. The van der Waals surface area contributed by atoms with Crippen molar-refractivity contribution >= 4 is 5.97 Å². The molecule has 0 aliphatic carbocycles. The molecule has 1 heterocycles. The van der Waals surface area contributed by atoms with Gasteiger partial charge in [0.1, 0.15) is 5.60 Å². The first-order chi connectivity index (χ1) is 6.49. The van der Waals surface area contributed by atoms with Crippen LogP contribution in [-0.4, -0.2) is 11.6 Å². The molecule has 3 heteroatoms. The van der Waals surface area contributed by atoms with Gasteiger partial charge < -0.3 is 9.47 Å². The zero-order valence-electron chi connectivity index (χ0n) is 8.61. The second-order valence-corrected chi connectivity index (χ2v) is 3.86. The summed E-state index contributed by atoms with van der Waals surface area (Å²) in [6.07, 6.45) is 8.22. The van der Waals surface area contributed by atoms with E-state index in [0.29, 0.717) is 0 Å². The first-order valence-corrected chi connectivity index (χ1v) is 4.42. The van der Waals surface area contributed by atoms with E-state index in [2.05, 4.69) is 0 Å². The Bertz CT molecular complexity index is 303. The van der Waals surface area contributed by atoms with Gasteiger partial charge in [-0.15, -0.1) is 0 Å². The molecular formula is C11H14O3. The fraction of sp³-hybridized carbons (Fsp3) is 0.364. The summed E-state index contributed by atoms with van der Waals surface area (Å²) in [7, 11) is 0. The highest BCUT2D eigenvalue weighted by atomic mass is 16.6. The van der Waals surface area contributed by atoms with Gasteiger partial charge in [0.25, 0.3) is 0 Å². The molecule has 3 nitrogen and oxygen atoms in total. The van der Waals surface area contributed by atoms with Crippen molar-refractivity contribution in [2.75, 3.05) is 0 Å². The molecule has 0 saturated heterocycles. The molecule has 0 spiro atoms. The molecule has 1 aliphatic heterocycles. The van der Waals surface area contributed by atoms with Gasteiger partial charge in [0.15, 0.2) is 0 Å². The monoisotopic (exact) mass is 194 g/mol. The Labute approximate surface area is 83.7 Å². The molecule has 0 radical (unpaired) electrons. The summed E-state index contributed by atoms with van der Waals surface area (Å²) in [6.45, 7) is 5.44. The van der Waals surface area contributed by atoms with E-state index in [1.807, 2.05) is 20.8 Å². The topological polar surface area (TPSA) is 35.5 Å². The Morgan fingerprint density at radius 3 is 2.64 bits per heavy atom. The molecule has 0 fully saturated rings. The van der Waals surface area contributed by atoms with Crippen molar-refractivity contribution in [2.45, 2.75) is 26.4 Å². The van der Waals surface area contributed by atoms with Crippen LogP contribution in [0.2, 0.25) is 0 Å². The maximum atomic E-state index is 11.5. The number of allylic oxidation sites excluding steroid dienone is 4. The standard InChI is InChI=1S/C11H14O3/c1-11(2,3)14-10(12)9-7-5-4-6-8-13-9/h4-8H,1-3H3. The smallest absolute Gasteiger partial charge is 0.374 e. The number of esters is 1. The van der Waals surface area contributed by atoms with Crippen LogP contribution in [0, 0.1) is 0 Å². The van der Waals surface area contributed by atoms with E-state index in [-0.39, 0.29) is 5.76 Å². The lowest BCUT2D eigenvalue weighted by Gasteiger charge is -2.19. The zero-order chi connectivity index (χ0) is 10.6. The largest absolute Gasteiger partial charge is 0.457 e. The first kappa shape index (κ1) is 10.6. The van der Waals surface area contributed by atoms with E-state index in [0.717, 1.165) is 0 Å². The van der Waals surface area contributed by atoms with Crippen LogP contribution in [0.5, 0.6) is 0 Å². The molecule has 0 atom stereocenters.